The highest BCUT2D eigenvalue weighted by molar-refractivity contribution is 5.95. The summed E-state index contributed by atoms with van der Waals surface area (Å²) in [4.78, 5) is 15.0. The molecule has 1 aromatic carbocycles. The fourth-order valence-electron chi connectivity index (χ4n) is 1.90. The van der Waals surface area contributed by atoms with Crippen LogP contribution in [0.4, 0.5) is 5.69 Å². The van der Waals surface area contributed by atoms with Crippen LogP contribution in [0.15, 0.2) is 18.2 Å². The fraction of sp³-hybridized carbons (Fsp3) is 0.250. The van der Waals surface area contributed by atoms with Gasteiger partial charge in [0.05, 0.1) is 17.5 Å². The van der Waals surface area contributed by atoms with E-state index in [0.717, 1.165) is 5.69 Å². The van der Waals surface area contributed by atoms with Gasteiger partial charge in [0.1, 0.15) is 11.1 Å². The summed E-state index contributed by atoms with van der Waals surface area (Å²) in [5, 5.41) is 11.6. The Kier molecular flexibility index (Phi) is 2.67. The molecule has 0 saturated carbocycles. The summed E-state index contributed by atoms with van der Waals surface area (Å²) in [6.07, 6.45) is 0. The van der Waals surface area contributed by atoms with Gasteiger partial charge in [-0.15, -0.1) is 0 Å². The first-order valence-electron chi connectivity index (χ1n) is 5.14. The molecular weight excluding hydrogens is 220 g/mol. The third-order valence-corrected chi connectivity index (χ3v) is 2.64. The Morgan fingerprint density at radius 3 is 2.65 bits per heavy atom. The molecule has 0 aliphatic rings. The van der Waals surface area contributed by atoms with E-state index in [1.165, 1.54) is 7.11 Å². The molecule has 2 aromatic rings. The maximum atomic E-state index is 11.1. The van der Waals surface area contributed by atoms with Crippen molar-refractivity contribution in [1.82, 2.24) is 4.98 Å². The van der Waals surface area contributed by atoms with Crippen molar-refractivity contribution in [3.05, 3.63) is 39.6 Å². The molecule has 0 bridgehead atoms. The van der Waals surface area contributed by atoms with E-state index in [1.807, 2.05) is 6.92 Å². The molecule has 0 atom stereocenters. The topological polar surface area (TPSA) is 65.3 Å². The molecule has 0 aliphatic heterocycles. The van der Waals surface area contributed by atoms with Crippen LogP contribution in [0.3, 0.4) is 0 Å². The third-order valence-electron chi connectivity index (χ3n) is 2.64. The molecule has 0 unspecified atom stereocenters. The van der Waals surface area contributed by atoms with Crippen molar-refractivity contribution >= 4 is 16.6 Å². The lowest BCUT2D eigenvalue weighted by molar-refractivity contribution is -0.383. The summed E-state index contributed by atoms with van der Waals surface area (Å²) in [5.74, 6) is 0.489. The van der Waals surface area contributed by atoms with Crippen molar-refractivity contribution in [1.29, 1.82) is 0 Å². The second-order valence-electron chi connectivity index (χ2n) is 3.85. The number of rotatable bonds is 2. The number of fused-ring (bicyclic) bond motifs is 1. The van der Waals surface area contributed by atoms with E-state index in [0.29, 0.717) is 22.2 Å². The number of aromatic nitrogens is 1. The predicted molar refractivity (Wildman–Crippen MR) is 64.4 cm³/mol. The van der Waals surface area contributed by atoms with Crippen molar-refractivity contribution < 1.29 is 9.66 Å². The second-order valence-corrected chi connectivity index (χ2v) is 3.85. The van der Waals surface area contributed by atoms with Gasteiger partial charge in [-0.05, 0) is 19.9 Å². The molecule has 5 nitrogen and oxygen atoms in total. The van der Waals surface area contributed by atoms with Crippen molar-refractivity contribution in [3.63, 3.8) is 0 Å². The average molecular weight is 232 g/mol. The number of nitro groups is 1. The van der Waals surface area contributed by atoms with Crippen molar-refractivity contribution in [3.8, 4) is 5.75 Å². The zero-order valence-corrected chi connectivity index (χ0v) is 9.85. The van der Waals surface area contributed by atoms with Gasteiger partial charge in [-0.3, -0.25) is 15.1 Å². The molecule has 0 fully saturated rings. The van der Waals surface area contributed by atoms with Gasteiger partial charge in [-0.2, -0.15) is 0 Å². The summed E-state index contributed by atoms with van der Waals surface area (Å²) in [7, 11) is 1.50. The number of ether oxygens (including phenoxy) is 1. The Balaban J connectivity index is 2.96. The van der Waals surface area contributed by atoms with Gasteiger partial charge in [0, 0.05) is 17.3 Å². The van der Waals surface area contributed by atoms with Gasteiger partial charge in [-0.25, -0.2) is 0 Å². The fourth-order valence-corrected chi connectivity index (χ4v) is 1.90. The standard InChI is InChI=1S/C12H12N2O3/c1-7-4-5-9-11(12(7)14(15)16)10(17-3)6-8(2)13-9/h4-6H,1-3H3. The van der Waals surface area contributed by atoms with Gasteiger partial charge in [0.15, 0.2) is 0 Å². The molecule has 1 aromatic heterocycles. The summed E-state index contributed by atoms with van der Waals surface area (Å²) < 4.78 is 5.21. The number of pyridine rings is 1. The van der Waals surface area contributed by atoms with Crippen molar-refractivity contribution in [2.75, 3.05) is 7.11 Å². The summed E-state index contributed by atoms with van der Waals surface area (Å²) in [6, 6.07) is 5.17. The molecule has 0 saturated heterocycles. The van der Waals surface area contributed by atoms with E-state index in [9.17, 15) is 10.1 Å². The molecule has 88 valence electrons. The molecule has 1 heterocycles. The number of nitrogens with zero attached hydrogens (tertiary/aromatic N) is 2. The lowest BCUT2D eigenvalue weighted by atomic mass is 10.1. The highest BCUT2D eigenvalue weighted by atomic mass is 16.6. The van der Waals surface area contributed by atoms with Crippen molar-refractivity contribution in [2.24, 2.45) is 0 Å². The highest BCUT2D eigenvalue weighted by Gasteiger charge is 2.20. The second kappa shape index (κ2) is 4.01. The molecule has 2 rings (SSSR count). The van der Waals surface area contributed by atoms with Crippen LogP contribution >= 0.6 is 0 Å². The van der Waals surface area contributed by atoms with Gasteiger partial charge >= 0.3 is 0 Å². The average Bonchev–Trinajstić information content (AvgIpc) is 2.27. The number of aryl methyl sites for hydroxylation is 2. The number of methoxy groups -OCH3 is 1. The Hall–Kier alpha value is -2.17. The van der Waals surface area contributed by atoms with Gasteiger partial charge in [0.25, 0.3) is 5.69 Å². The summed E-state index contributed by atoms with van der Waals surface area (Å²) in [5.41, 5.74) is 2.02. The maximum absolute atomic E-state index is 11.1. The predicted octanol–water partition coefficient (Wildman–Crippen LogP) is 2.77. The molecule has 5 heteroatoms. The maximum Gasteiger partial charge on any atom is 0.285 e. The van der Waals surface area contributed by atoms with Crippen LogP contribution in [0, 0.1) is 24.0 Å². The summed E-state index contributed by atoms with van der Waals surface area (Å²) >= 11 is 0. The Morgan fingerprint density at radius 1 is 1.35 bits per heavy atom. The lowest BCUT2D eigenvalue weighted by Crippen LogP contribution is -1.97. The van der Waals surface area contributed by atoms with Crippen LogP contribution in [0.2, 0.25) is 0 Å². The number of benzene rings is 1. The van der Waals surface area contributed by atoms with E-state index < -0.39 is 4.92 Å². The molecule has 17 heavy (non-hydrogen) atoms. The monoisotopic (exact) mass is 232 g/mol. The number of hydrogen-bond acceptors (Lipinski definition) is 4. The smallest absolute Gasteiger partial charge is 0.285 e. The quantitative estimate of drug-likeness (QED) is 0.589. The molecule has 0 spiro atoms. The Labute approximate surface area is 98.2 Å². The normalized spacial score (nSPS) is 10.5. The minimum absolute atomic E-state index is 0.0619. The first-order valence-corrected chi connectivity index (χ1v) is 5.14. The minimum Gasteiger partial charge on any atom is -0.496 e. The molecular formula is C12H12N2O3. The van der Waals surface area contributed by atoms with Crippen LogP contribution in [0.25, 0.3) is 10.9 Å². The van der Waals surface area contributed by atoms with E-state index in [4.69, 9.17) is 4.74 Å². The molecule has 0 radical (unpaired) electrons. The lowest BCUT2D eigenvalue weighted by Gasteiger charge is -2.08. The van der Waals surface area contributed by atoms with Crippen LogP contribution in [0.1, 0.15) is 11.3 Å². The van der Waals surface area contributed by atoms with E-state index in [-0.39, 0.29) is 5.69 Å². The molecule has 0 amide bonds. The first-order chi connectivity index (χ1) is 8.04. The van der Waals surface area contributed by atoms with Crippen LogP contribution in [-0.2, 0) is 0 Å². The minimum atomic E-state index is -0.392. The van der Waals surface area contributed by atoms with E-state index in [1.54, 1.807) is 25.1 Å². The Bertz CT molecular complexity index is 608. The Morgan fingerprint density at radius 2 is 2.06 bits per heavy atom. The van der Waals surface area contributed by atoms with Crippen LogP contribution < -0.4 is 4.74 Å². The van der Waals surface area contributed by atoms with Crippen LogP contribution in [-0.4, -0.2) is 17.0 Å². The van der Waals surface area contributed by atoms with Crippen LogP contribution in [0.5, 0.6) is 5.75 Å². The third kappa shape index (κ3) is 1.80. The van der Waals surface area contributed by atoms with E-state index in [2.05, 4.69) is 4.98 Å². The SMILES string of the molecule is COc1cc(C)nc2ccc(C)c([N+](=O)[O-])c12. The summed E-state index contributed by atoms with van der Waals surface area (Å²) in [6.45, 7) is 3.53. The molecule has 0 N–H and O–H groups in total. The zero-order chi connectivity index (χ0) is 12.6. The zero-order valence-electron chi connectivity index (χ0n) is 9.85. The van der Waals surface area contributed by atoms with Gasteiger partial charge < -0.3 is 4.74 Å². The number of hydrogen-bond donors (Lipinski definition) is 0. The van der Waals surface area contributed by atoms with Crippen molar-refractivity contribution in [2.45, 2.75) is 13.8 Å². The molecule has 0 aliphatic carbocycles. The number of nitro benzene ring substituents is 1. The van der Waals surface area contributed by atoms with Gasteiger partial charge in [0.2, 0.25) is 0 Å². The highest BCUT2D eigenvalue weighted by Crippen LogP contribution is 2.35. The van der Waals surface area contributed by atoms with E-state index >= 15 is 0 Å². The first kappa shape index (κ1) is 11.3. The van der Waals surface area contributed by atoms with Gasteiger partial charge in [-0.1, -0.05) is 6.07 Å². The largest absolute Gasteiger partial charge is 0.496 e.